The van der Waals surface area contributed by atoms with E-state index in [1.54, 1.807) is 11.8 Å². The lowest BCUT2D eigenvalue weighted by molar-refractivity contribution is -0.141. The molecular weight excluding hydrogens is 244 g/mol. The second-order valence-corrected chi connectivity index (χ2v) is 6.95. The SMILES string of the molecule is COC(=O)CC1(CS(=O)CCCSC)CC1. The Morgan fingerprint density at radius 2 is 2.19 bits per heavy atom. The van der Waals surface area contributed by atoms with Crippen molar-refractivity contribution in [2.75, 3.05) is 30.6 Å². The first kappa shape index (κ1) is 14.0. The van der Waals surface area contributed by atoms with Gasteiger partial charge in [0.15, 0.2) is 0 Å². The summed E-state index contributed by atoms with van der Waals surface area (Å²) in [6.45, 7) is 0. The molecule has 0 amide bonds. The minimum Gasteiger partial charge on any atom is -0.469 e. The van der Waals surface area contributed by atoms with E-state index in [1.165, 1.54) is 7.11 Å². The second kappa shape index (κ2) is 6.64. The zero-order valence-corrected chi connectivity index (χ0v) is 11.6. The maximum atomic E-state index is 11.8. The molecule has 1 rings (SSSR count). The molecule has 0 heterocycles. The number of rotatable bonds is 8. The summed E-state index contributed by atoms with van der Waals surface area (Å²) < 4.78 is 16.5. The highest BCUT2D eigenvalue weighted by Crippen LogP contribution is 2.49. The van der Waals surface area contributed by atoms with Crippen LogP contribution < -0.4 is 0 Å². The summed E-state index contributed by atoms with van der Waals surface area (Å²) in [5, 5.41) is 0. The molecule has 94 valence electrons. The summed E-state index contributed by atoms with van der Waals surface area (Å²) >= 11 is 1.78. The molecule has 1 unspecified atom stereocenters. The van der Waals surface area contributed by atoms with E-state index in [0.29, 0.717) is 12.2 Å². The van der Waals surface area contributed by atoms with Gasteiger partial charge < -0.3 is 4.74 Å². The molecule has 3 nitrogen and oxygen atoms in total. The maximum absolute atomic E-state index is 11.8. The van der Waals surface area contributed by atoms with Crippen LogP contribution >= 0.6 is 11.8 Å². The van der Waals surface area contributed by atoms with Gasteiger partial charge in [-0.05, 0) is 36.7 Å². The van der Waals surface area contributed by atoms with Crippen molar-refractivity contribution in [2.24, 2.45) is 5.41 Å². The molecular formula is C11H20O3S2. The number of methoxy groups -OCH3 is 1. The van der Waals surface area contributed by atoms with E-state index in [-0.39, 0.29) is 11.4 Å². The summed E-state index contributed by atoms with van der Waals surface area (Å²) in [4.78, 5) is 11.2. The van der Waals surface area contributed by atoms with E-state index < -0.39 is 10.8 Å². The van der Waals surface area contributed by atoms with Crippen molar-refractivity contribution in [3.05, 3.63) is 0 Å². The minimum absolute atomic E-state index is 0.0112. The van der Waals surface area contributed by atoms with Gasteiger partial charge in [0.05, 0.1) is 13.5 Å². The standard InChI is InChI=1S/C11H20O3S2/c1-14-10(12)8-11(4-5-11)9-16(13)7-3-6-15-2/h3-9H2,1-2H3. The molecule has 0 N–H and O–H groups in total. The molecule has 0 aliphatic heterocycles. The number of hydrogen-bond donors (Lipinski definition) is 0. The van der Waals surface area contributed by atoms with Crippen molar-refractivity contribution in [3.8, 4) is 0 Å². The summed E-state index contributed by atoms with van der Waals surface area (Å²) in [6.07, 6.45) is 5.55. The Labute approximate surface area is 104 Å². The summed E-state index contributed by atoms with van der Waals surface area (Å²) in [5.74, 6) is 2.34. The lowest BCUT2D eigenvalue weighted by atomic mass is 10.1. The minimum atomic E-state index is -0.768. The highest BCUT2D eigenvalue weighted by atomic mass is 32.2. The third kappa shape index (κ3) is 4.87. The molecule has 0 aromatic carbocycles. The third-order valence-corrected chi connectivity index (χ3v) is 5.27. The number of carbonyl (C=O) groups excluding carboxylic acids is 1. The zero-order valence-electron chi connectivity index (χ0n) is 9.99. The van der Waals surface area contributed by atoms with Gasteiger partial charge in [0, 0.05) is 22.3 Å². The third-order valence-electron chi connectivity index (χ3n) is 2.89. The van der Waals surface area contributed by atoms with Gasteiger partial charge >= 0.3 is 5.97 Å². The first-order valence-corrected chi connectivity index (χ1v) is 8.41. The molecule has 1 saturated carbocycles. The van der Waals surface area contributed by atoms with E-state index in [2.05, 4.69) is 11.0 Å². The largest absolute Gasteiger partial charge is 0.469 e. The Kier molecular flexibility index (Phi) is 5.83. The van der Waals surface area contributed by atoms with Gasteiger partial charge in [0.1, 0.15) is 0 Å². The van der Waals surface area contributed by atoms with Gasteiger partial charge in [-0.25, -0.2) is 0 Å². The molecule has 1 fully saturated rings. The van der Waals surface area contributed by atoms with Gasteiger partial charge in [-0.3, -0.25) is 9.00 Å². The van der Waals surface area contributed by atoms with Crippen molar-refractivity contribution in [2.45, 2.75) is 25.7 Å². The summed E-state index contributed by atoms with van der Waals surface area (Å²) in [6, 6.07) is 0. The fourth-order valence-electron chi connectivity index (χ4n) is 1.71. The number of ether oxygens (including phenoxy) is 1. The Balaban J connectivity index is 2.25. The van der Waals surface area contributed by atoms with Crippen molar-refractivity contribution in [3.63, 3.8) is 0 Å². The van der Waals surface area contributed by atoms with Crippen LogP contribution in [-0.2, 0) is 20.3 Å². The fourth-order valence-corrected chi connectivity index (χ4v) is 4.01. The highest BCUT2D eigenvalue weighted by molar-refractivity contribution is 7.98. The quantitative estimate of drug-likeness (QED) is 0.495. The molecule has 1 aliphatic rings. The molecule has 0 aromatic heterocycles. The summed E-state index contributed by atoms with van der Waals surface area (Å²) in [7, 11) is 0.643. The first-order chi connectivity index (χ1) is 7.62. The van der Waals surface area contributed by atoms with Crippen LogP contribution in [0.25, 0.3) is 0 Å². The van der Waals surface area contributed by atoms with Crippen LogP contribution in [0.5, 0.6) is 0 Å². The predicted molar refractivity (Wildman–Crippen MR) is 69.2 cm³/mol. The lowest BCUT2D eigenvalue weighted by Gasteiger charge is -2.12. The van der Waals surface area contributed by atoms with E-state index in [4.69, 9.17) is 0 Å². The number of thioether (sulfide) groups is 1. The zero-order chi connectivity index (χ0) is 12.0. The van der Waals surface area contributed by atoms with Crippen LogP contribution in [0, 0.1) is 5.41 Å². The normalized spacial score (nSPS) is 19.1. The molecule has 1 aliphatic carbocycles. The van der Waals surface area contributed by atoms with Crippen LogP contribution in [-0.4, -0.2) is 40.8 Å². The fraction of sp³-hybridized carbons (Fsp3) is 0.909. The van der Waals surface area contributed by atoms with Gasteiger partial charge in [-0.15, -0.1) is 0 Å². The topological polar surface area (TPSA) is 43.4 Å². The average Bonchev–Trinajstić information content (AvgIpc) is 2.98. The van der Waals surface area contributed by atoms with Crippen LogP contribution in [0.3, 0.4) is 0 Å². The molecule has 16 heavy (non-hydrogen) atoms. The first-order valence-electron chi connectivity index (χ1n) is 5.53. The van der Waals surface area contributed by atoms with E-state index >= 15 is 0 Å². The maximum Gasteiger partial charge on any atom is 0.306 e. The monoisotopic (exact) mass is 264 g/mol. The predicted octanol–water partition coefficient (Wildman–Crippen LogP) is 1.83. The van der Waals surface area contributed by atoms with Gasteiger partial charge in [-0.1, -0.05) is 0 Å². The Morgan fingerprint density at radius 1 is 1.50 bits per heavy atom. The van der Waals surface area contributed by atoms with Gasteiger partial charge in [-0.2, -0.15) is 11.8 Å². The van der Waals surface area contributed by atoms with Crippen LogP contribution in [0.15, 0.2) is 0 Å². The smallest absolute Gasteiger partial charge is 0.306 e. The Morgan fingerprint density at radius 3 is 2.69 bits per heavy atom. The number of hydrogen-bond acceptors (Lipinski definition) is 4. The second-order valence-electron chi connectivity index (χ2n) is 4.39. The van der Waals surface area contributed by atoms with Crippen molar-refractivity contribution >= 4 is 28.5 Å². The molecule has 0 aromatic rings. The average molecular weight is 264 g/mol. The van der Waals surface area contributed by atoms with Crippen LogP contribution in [0.4, 0.5) is 0 Å². The van der Waals surface area contributed by atoms with Crippen LogP contribution in [0.2, 0.25) is 0 Å². The molecule has 0 saturated heterocycles. The van der Waals surface area contributed by atoms with Crippen molar-refractivity contribution in [1.29, 1.82) is 0 Å². The van der Waals surface area contributed by atoms with Gasteiger partial charge in [0.25, 0.3) is 0 Å². The molecule has 1 atom stereocenters. The highest BCUT2D eigenvalue weighted by Gasteiger charge is 2.45. The molecule has 0 radical (unpaired) electrons. The lowest BCUT2D eigenvalue weighted by Crippen LogP contribution is -2.19. The van der Waals surface area contributed by atoms with E-state index in [1.807, 2.05) is 0 Å². The number of esters is 1. The number of carbonyl (C=O) groups is 1. The molecule has 0 spiro atoms. The molecule has 5 heteroatoms. The molecule has 0 bridgehead atoms. The van der Waals surface area contributed by atoms with E-state index in [9.17, 15) is 9.00 Å². The Bertz CT molecular complexity index is 262. The van der Waals surface area contributed by atoms with Crippen molar-refractivity contribution in [1.82, 2.24) is 0 Å². The van der Waals surface area contributed by atoms with Gasteiger partial charge in [0.2, 0.25) is 0 Å². The summed E-state index contributed by atoms with van der Waals surface area (Å²) in [5.41, 5.74) is 0.0112. The van der Waals surface area contributed by atoms with Crippen molar-refractivity contribution < 1.29 is 13.7 Å². The van der Waals surface area contributed by atoms with E-state index in [0.717, 1.165) is 30.8 Å². The van der Waals surface area contributed by atoms with Crippen LogP contribution in [0.1, 0.15) is 25.7 Å². The Hall–Kier alpha value is -0.0300.